The van der Waals surface area contributed by atoms with Crippen LogP contribution in [-0.2, 0) is 6.42 Å². The lowest BCUT2D eigenvalue weighted by molar-refractivity contribution is 0.318. The van der Waals surface area contributed by atoms with Crippen molar-refractivity contribution >= 4 is 11.3 Å². The Hall–Kier alpha value is -0.450. The van der Waals surface area contributed by atoms with Crippen LogP contribution in [0, 0.1) is 18.8 Å². The van der Waals surface area contributed by atoms with Crippen molar-refractivity contribution in [1.82, 2.24) is 15.2 Å². The van der Waals surface area contributed by atoms with E-state index in [1.54, 1.807) is 11.3 Å². The van der Waals surface area contributed by atoms with Gasteiger partial charge in [0.25, 0.3) is 0 Å². The molecule has 2 aliphatic heterocycles. The SMILES string of the molecule is Cc1ncsc1CCN1CC2CNCC2C1. The van der Waals surface area contributed by atoms with Crippen molar-refractivity contribution in [2.24, 2.45) is 11.8 Å². The van der Waals surface area contributed by atoms with Gasteiger partial charge < -0.3 is 10.2 Å². The van der Waals surface area contributed by atoms with E-state index in [1.165, 1.54) is 49.7 Å². The maximum Gasteiger partial charge on any atom is 0.0797 e. The van der Waals surface area contributed by atoms with Gasteiger partial charge in [0.1, 0.15) is 0 Å². The number of rotatable bonds is 3. The molecule has 0 bridgehead atoms. The number of hydrogen-bond donors (Lipinski definition) is 1. The molecule has 2 fully saturated rings. The van der Waals surface area contributed by atoms with Crippen LogP contribution in [0.5, 0.6) is 0 Å². The minimum Gasteiger partial charge on any atom is -0.316 e. The van der Waals surface area contributed by atoms with Crippen molar-refractivity contribution in [2.45, 2.75) is 13.3 Å². The molecule has 88 valence electrons. The van der Waals surface area contributed by atoms with Gasteiger partial charge in [-0.15, -0.1) is 11.3 Å². The molecule has 16 heavy (non-hydrogen) atoms. The highest BCUT2D eigenvalue weighted by atomic mass is 32.1. The van der Waals surface area contributed by atoms with Gasteiger partial charge in [0.05, 0.1) is 11.2 Å². The minimum atomic E-state index is 0.919. The van der Waals surface area contributed by atoms with E-state index >= 15 is 0 Å². The molecule has 3 nitrogen and oxygen atoms in total. The van der Waals surface area contributed by atoms with Crippen LogP contribution in [0.15, 0.2) is 5.51 Å². The Morgan fingerprint density at radius 2 is 2.19 bits per heavy atom. The van der Waals surface area contributed by atoms with Crippen LogP contribution in [-0.4, -0.2) is 42.6 Å². The highest BCUT2D eigenvalue weighted by Crippen LogP contribution is 2.26. The van der Waals surface area contributed by atoms with Crippen molar-refractivity contribution in [2.75, 3.05) is 32.7 Å². The van der Waals surface area contributed by atoms with E-state index in [0.717, 1.165) is 11.8 Å². The van der Waals surface area contributed by atoms with Crippen LogP contribution < -0.4 is 5.32 Å². The molecule has 4 heteroatoms. The first-order chi connectivity index (χ1) is 7.83. The van der Waals surface area contributed by atoms with E-state index in [2.05, 4.69) is 22.1 Å². The van der Waals surface area contributed by atoms with Gasteiger partial charge in [0, 0.05) is 24.5 Å². The largest absolute Gasteiger partial charge is 0.316 e. The lowest BCUT2D eigenvalue weighted by atomic mass is 10.0. The van der Waals surface area contributed by atoms with Gasteiger partial charge in [-0.05, 0) is 38.3 Å². The second-order valence-electron chi connectivity index (χ2n) is 5.05. The lowest BCUT2D eigenvalue weighted by Gasteiger charge is -2.16. The van der Waals surface area contributed by atoms with E-state index < -0.39 is 0 Å². The first kappa shape index (κ1) is 10.7. The molecule has 2 aliphatic rings. The second kappa shape index (κ2) is 4.43. The molecule has 1 aromatic heterocycles. The first-order valence-corrected chi connectivity index (χ1v) is 7.03. The zero-order chi connectivity index (χ0) is 11.0. The zero-order valence-electron chi connectivity index (χ0n) is 9.78. The topological polar surface area (TPSA) is 28.2 Å². The second-order valence-corrected chi connectivity index (χ2v) is 5.99. The third kappa shape index (κ3) is 2.01. The molecule has 0 spiro atoms. The summed E-state index contributed by atoms with van der Waals surface area (Å²) in [5, 5.41) is 3.49. The highest BCUT2D eigenvalue weighted by molar-refractivity contribution is 7.09. The molecule has 2 unspecified atom stereocenters. The number of hydrogen-bond acceptors (Lipinski definition) is 4. The lowest BCUT2D eigenvalue weighted by Crippen LogP contribution is -2.27. The van der Waals surface area contributed by atoms with Crippen molar-refractivity contribution < 1.29 is 0 Å². The minimum absolute atomic E-state index is 0.919. The molecule has 0 saturated carbocycles. The fourth-order valence-corrected chi connectivity index (χ4v) is 3.73. The number of nitrogens with one attached hydrogen (secondary N) is 1. The molecule has 1 N–H and O–H groups in total. The normalized spacial score (nSPS) is 29.8. The summed E-state index contributed by atoms with van der Waals surface area (Å²) < 4.78 is 0. The molecule has 2 saturated heterocycles. The summed E-state index contributed by atoms with van der Waals surface area (Å²) >= 11 is 1.80. The van der Waals surface area contributed by atoms with Gasteiger partial charge in [-0.1, -0.05) is 0 Å². The van der Waals surface area contributed by atoms with Gasteiger partial charge in [0.2, 0.25) is 0 Å². The summed E-state index contributed by atoms with van der Waals surface area (Å²) in [6.45, 7) is 8.41. The molecule has 0 aromatic carbocycles. The van der Waals surface area contributed by atoms with Crippen LogP contribution in [0.1, 0.15) is 10.6 Å². The average Bonchev–Trinajstić information content (AvgIpc) is 2.89. The van der Waals surface area contributed by atoms with E-state index in [-0.39, 0.29) is 0 Å². The van der Waals surface area contributed by atoms with E-state index in [9.17, 15) is 0 Å². The third-order valence-electron chi connectivity index (χ3n) is 3.97. The van der Waals surface area contributed by atoms with Crippen LogP contribution in [0.2, 0.25) is 0 Å². The summed E-state index contributed by atoms with van der Waals surface area (Å²) in [6.07, 6.45) is 1.18. The molecular weight excluding hydrogens is 218 g/mol. The summed E-state index contributed by atoms with van der Waals surface area (Å²) in [4.78, 5) is 8.41. The van der Waals surface area contributed by atoms with E-state index in [0.29, 0.717) is 0 Å². The van der Waals surface area contributed by atoms with Crippen molar-refractivity contribution in [3.8, 4) is 0 Å². The van der Waals surface area contributed by atoms with Crippen LogP contribution in [0.3, 0.4) is 0 Å². The van der Waals surface area contributed by atoms with E-state index in [4.69, 9.17) is 0 Å². The molecular formula is C12H19N3S. The Kier molecular flexibility index (Phi) is 2.96. The number of fused-ring (bicyclic) bond motifs is 1. The Bertz CT molecular complexity index is 351. The smallest absolute Gasteiger partial charge is 0.0797 e. The average molecular weight is 237 g/mol. The first-order valence-electron chi connectivity index (χ1n) is 6.15. The van der Waals surface area contributed by atoms with Crippen molar-refractivity contribution in [1.29, 1.82) is 0 Å². The molecule has 3 heterocycles. The Balaban J connectivity index is 1.52. The highest BCUT2D eigenvalue weighted by Gasteiger charge is 2.35. The number of likely N-dealkylation sites (tertiary alicyclic amines) is 1. The van der Waals surface area contributed by atoms with Gasteiger partial charge in [-0.2, -0.15) is 0 Å². The van der Waals surface area contributed by atoms with Gasteiger partial charge in [-0.3, -0.25) is 0 Å². The molecule has 0 radical (unpaired) electrons. The summed E-state index contributed by atoms with van der Waals surface area (Å²) in [6, 6.07) is 0. The number of aromatic nitrogens is 1. The number of thiazole rings is 1. The predicted molar refractivity (Wildman–Crippen MR) is 66.8 cm³/mol. The molecule has 0 aliphatic carbocycles. The van der Waals surface area contributed by atoms with Crippen LogP contribution in [0.25, 0.3) is 0 Å². The monoisotopic (exact) mass is 237 g/mol. The summed E-state index contributed by atoms with van der Waals surface area (Å²) in [5.41, 5.74) is 3.19. The number of nitrogens with zero attached hydrogens (tertiary/aromatic N) is 2. The molecule has 1 aromatic rings. The van der Waals surface area contributed by atoms with Crippen molar-refractivity contribution in [3.05, 3.63) is 16.1 Å². The standard InChI is InChI=1S/C12H19N3S/c1-9-12(16-8-14-9)2-3-15-6-10-4-13-5-11(10)7-15/h8,10-11,13H,2-7H2,1H3. The summed E-state index contributed by atoms with van der Waals surface area (Å²) in [7, 11) is 0. The van der Waals surface area contributed by atoms with Crippen LogP contribution >= 0.6 is 11.3 Å². The van der Waals surface area contributed by atoms with Gasteiger partial charge in [0.15, 0.2) is 0 Å². The fourth-order valence-electron chi connectivity index (χ4n) is 2.96. The third-order valence-corrected chi connectivity index (χ3v) is 4.96. The Labute approximate surface area is 101 Å². The summed E-state index contributed by atoms with van der Waals surface area (Å²) in [5.74, 6) is 1.84. The zero-order valence-corrected chi connectivity index (χ0v) is 10.6. The predicted octanol–water partition coefficient (Wildman–Crippen LogP) is 1.15. The fraction of sp³-hybridized carbons (Fsp3) is 0.750. The number of aryl methyl sites for hydroxylation is 1. The maximum atomic E-state index is 4.31. The maximum absolute atomic E-state index is 4.31. The molecule has 2 atom stereocenters. The molecule has 0 amide bonds. The van der Waals surface area contributed by atoms with Crippen LogP contribution in [0.4, 0.5) is 0 Å². The molecule has 3 rings (SSSR count). The van der Waals surface area contributed by atoms with Crippen molar-refractivity contribution in [3.63, 3.8) is 0 Å². The van der Waals surface area contributed by atoms with Gasteiger partial charge in [-0.25, -0.2) is 4.98 Å². The quantitative estimate of drug-likeness (QED) is 0.854. The van der Waals surface area contributed by atoms with Gasteiger partial charge >= 0.3 is 0 Å². The Morgan fingerprint density at radius 1 is 1.44 bits per heavy atom. The van der Waals surface area contributed by atoms with E-state index in [1.807, 2.05) is 5.51 Å². The Morgan fingerprint density at radius 3 is 2.81 bits per heavy atom.